The van der Waals surface area contributed by atoms with Gasteiger partial charge in [-0.3, -0.25) is 9.59 Å². The van der Waals surface area contributed by atoms with Crippen molar-refractivity contribution in [3.05, 3.63) is 0 Å². The molecule has 1 aliphatic rings. The zero-order chi connectivity index (χ0) is 11.6. The number of hydrogen-bond donors (Lipinski definition) is 1. The lowest BCUT2D eigenvalue weighted by Gasteiger charge is -2.45. The molecule has 0 spiro atoms. The number of nitrogens with zero attached hydrogens (tertiary/aromatic N) is 1. The first-order valence-corrected chi connectivity index (χ1v) is 5.63. The SMILES string of the molecule is CCC1NC(=O)C(C)(CC)N(CC)C1=O. The fraction of sp³-hybridized carbons (Fsp3) is 0.818. The first-order valence-electron chi connectivity index (χ1n) is 5.63. The van der Waals surface area contributed by atoms with Gasteiger partial charge in [-0.25, -0.2) is 0 Å². The summed E-state index contributed by atoms with van der Waals surface area (Å²) in [6, 6.07) is -0.336. The van der Waals surface area contributed by atoms with Gasteiger partial charge in [-0.1, -0.05) is 13.8 Å². The fourth-order valence-electron chi connectivity index (χ4n) is 2.06. The van der Waals surface area contributed by atoms with E-state index in [0.29, 0.717) is 19.4 Å². The molecule has 1 heterocycles. The molecule has 0 aliphatic carbocycles. The van der Waals surface area contributed by atoms with Crippen molar-refractivity contribution >= 4 is 11.8 Å². The second-order valence-electron chi connectivity index (χ2n) is 4.14. The predicted molar refractivity (Wildman–Crippen MR) is 58.3 cm³/mol. The molecule has 86 valence electrons. The van der Waals surface area contributed by atoms with Crippen molar-refractivity contribution in [3.8, 4) is 0 Å². The fourth-order valence-corrected chi connectivity index (χ4v) is 2.06. The van der Waals surface area contributed by atoms with Gasteiger partial charge in [0.05, 0.1) is 0 Å². The van der Waals surface area contributed by atoms with Crippen LogP contribution in [0.15, 0.2) is 0 Å². The van der Waals surface area contributed by atoms with Crippen molar-refractivity contribution < 1.29 is 9.59 Å². The van der Waals surface area contributed by atoms with Crippen LogP contribution < -0.4 is 5.32 Å². The van der Waals surface area contributed by atoms with Crippen LogP contribution in [0.25, 0.3) is 0 Å². The number of amides is 2. The van der Waals surface area contributed by atoms with Gasteiger partial charge < -0.3 is 10.2 Å². The van der Waals surface area contributed by atoms with Crippen LogP contribution in [0, 0.1) is 0 Å². The summed E-state index contributed by atoms with van der Waals surface area (Å²) >= 11 is 0. The van der Waals surface area contributed by atoms with Gasteiger partial charge in [0, 0.05) is 6.54 Å². The first-order chi connectivity index (χ1) is 7.01. The summed E-state index contributed by atoms with van der Waals surface area (Å²) in [7, 11) is 0. The quantitative estimate of drug-likeness (QED) is 0.756. The van der Waals surface area contributed by atoms with Crippen molar-refractivity contribution in [3.63, 3.8) is 0 Å². The van der Waals surface area contributed by atoms with E-state index in [-0.39, 0.29) is 17.9 Å². The molecule has 0 aromatic carbocycles. The van der Waals surface area contributed by atoms with E-state index in [0.717, 1.165) is 0 Å². The maximum atomic E-state index is 12.0. The summed E-state index contributed by atoms with van der Waals surface area (Å²) in [4.78, 5) is 25.6. The van der Waals surface area contributed by atoms with Crippen molar-refractivity contribution in [1.29, 1.82) is 0 Å². The Balaban J connectivity index is 3.02. The average Bonchev–Trinajstić information content (AvgIpc) is 2.24. The van der Waals surface area contributed by atoms with E-state index in [2.05, 4.69) is 5.32 Å². The molecule has 0 aromatic rings. The minimum absolute atomic E-state index is 0.0294. The number of likely N-dealkylation sites (N-methyl/N-ethyl adjacent to an activating group) is 1. The third-order valence-corrected chi connectivity index (χ3v) is 3.37. The second-order valence-corrected chi connectivity index (χ2v) is 4.14. The van der Waals surface area contributed by atoms with E-state index >= 15 is 0 Å². The number of hydrogen-bond acceptors (Lipinski definition) is 2. The molecule has 15 heavy (non-hydrogen) atoms. The van der Waals surface area contributed by atoms with Crippen LogP contribution >= 0.6 is 0 Å². The topological polar surface area (TPSA) is 49.4 Å². The van der Waals surface area contributed by atoms with Gasteiger partial charge in [-0.15, -0.1) is 0 Å². The number of nitrogens with one attached hydrogen (secondary N) is 1. The predicted octanol–water partition coefficient (Wildman–Crippen LogP) is 0.912. The average molecular weight is 212 g/mol. The largest absolute Gasteiger partial charge is 0.342 e. The maximum absolute atomic E-state index is 12.0. The van der Waals surface area contributed by atoms with Crippen LogP contribution in [0.5, 0.6) is 0 Å². The smallest absolute Gasteiger partial charge is 0.246 e. The molecule has 1 N–H and O–H groups in total. The normalized spacial score (nSPS) is 31.7. The monoisotopic (exact) mass is 212 g/mol. The van der Waals surface area contributed by atoms with Crippen molar-refractivity contribution in [2.75, 3.05) is 6.54 Å². The lowest BCUT2D eigenvalue weighted by atomic mass is 9.90. The van der Waals surface area contributed by atoms with Crippen LogP contribution in [-0.4, -0.2) is 34.8 Å². The highest BCUT2D eigenvalue weighted by atomic mass is 16.2. The van der Waals surface area contributed by atoms with Crippen LogP contribution in [0.1, 0.15) is 40.5 Å². The number of rotatable bonds is 3. The molecule has 2 amide bonds. The Morgan fingerprint density at radius 2 is 1.93 bits per heavy atom. The molecule has 4 heteroatoms. The highest BCUT2D eigenvalue weighted by Gasteiger charge is 2.46. The van der Waals surface area contributed by atoms with Gasteiger partial charge in [0.1, 0.15) is 11.6 Å². The van der Waals surface area contributed by atoms with Gasteiger partial charge >= 0.3 is 0 Å². The zero-order valence-corrected chi connectivity index (χ0v) is 9.96. The van der Waals surface area contributed by atoms with Gasteiger partial charge in [0.2, 0.25) is 11.8 Å². The van der Waals surface area contributed by atoms with E-state index in [1.807, 2.05) is 27.7 Å². The molecule has 0 bridgehead atoms. The Kier molecular flexibility index (Phi) is 3.37. The molecular formula is C11H20N2O2. The standard InChI is InChI=1S/C11H20N2O2/c1-5-8-9(14)13(7-3)11(4,6-2)10(15)12-8/h8H,5-7H2,1-4H3,(H,12,15). The van der Waals surface area contributed by atoms with Crippen LogP contribution in [0.3, 0.4) is 0 Å². The first kappa shape index (κ1) is 12.0. The third kappa shape index (κ3) is 1.73. The Morgan fingerprint density at radius 3 is 2.33 bits per heavy atom. The van der Waals surface area contributed by atoms with Gasteiger partial charge in [-0.05, 0) is 26.7 Å². The van der Waals surface area contributed by atoms with Crippen molar-refractivity contribution in [2.24, 2.45) is 0 Å². The number of piperazine rings is 1. The van der Waals surface area contributed by atoms with E-state index in [1.54, 1.807) is 4.90 Å². The van der Waals surface area contributed by atoms with Crippen LogP contribution in [-0.2, 0) is 9.59 Å². The summed E-state index contributed by atoms with van der Waals surface area (Å²) in [6.07, 6.45) is 1.30. The Bertz CT molecular complexity index is 278. The number of carbonyl (C=O) groups is 2. The summed E-state index contributed by atoms with van der Waals surface area (Å²) < 4.78 is 0. The van der Waals surface area contributed by atoms with E-state index in [9.17, 15) is 9.59 Å². The lowest BCUT2D eigenvalue weighted by molar-refractivity contribution is -0.156. The second kappa shape index (κ2) is 4.21. The molecule has 1 rings (SSSR count). The summed E-state index contributed by atoms with van der Waals surface area (Å²) in [5.41, 5.74) is -0.669. The van der Waals surface area contributed by atoms with E-state index in [4.69, 9.17) is 0 Å². The molecule has 0 saturated carbocycles. The highest BCUT2D eigenvalue weighted by molar-refractivity contribution is 5.99. The molecule has 1 saturated heterocycles. The van der Waals surface area contributed by atoms with Crippen LogP contribution in [0.2, 0.25) is 0 Å². The van der Waals surface area contributed by atoms with Gasteiger partial charge in [0.25, 0.3) is 0 Å². The molecule has 0 aromatic heterocycles. The molecule has 2 atom stereocenters. The maximum Gasteiger partial charge on any atom is 0.246 e. The Hall–Kier alpha value is -1.06. The summed E-state index contributed by atoms with van der Waals surface area (Å²) in [6.45, 7) is 8.17. The van der Waals surface area contributed by atoms with Crippen molar-refractivity contribution in [1.82, 2.24) is 10.2 Å². The van der Waals surface area contributed by atoms with Gasteiger partial charge in [0.15, 0.2) is 0 Å². The molecule has 1 aliphatic heterocycles. The van der Waals surface area contributed by atoms with Crippen LogP contribution in [0.4, 0.5) is 0 Å². The van der Waals surface area contributed by atoms with Crippen molar-refractivity contribution in [2.45, 2.75) is 52.1 Å². The highest BCUT2D eigenvalue weighted by Crippen LogP contribution is 2.25. The Morgan fingerprint density at radius 1 is 1.33 bits per heavy atom. The van der Waals surface area contributed by atoms with E-state index in [1.165, 1.54) is 0 Å². The molecular weight excluding hydrogens is 192 g/mol. The number of carbonyl (C=O) groups excluding carboxylic acids is 2. The van der Waals surface area contributed by atoms with E-state index < -0.39 is 5.54 Å². The molecule has 4 nitrogen and oxygen atoms in total. The van der Waals surface area contributed by atoms with Gasteiger partial charge in [-0.2, -0.15) is 0 Å². The zero-order valence-electron chi connectivity index (χ0n) is 9.96. The summed E-state index contributed by atoms with van der Waals surface area (Å²) in [5.74, 6) is 0.0160. The Labute approximate surface area is 91.0 Å². The molecule has 0 radical (unpaired) electrons. The lowest BCUT2D eigenvalue weighted by Crippen LogP contribution is -2.69. The summed E-state index contributed by atoms with van der Waals surface area (Å²) in [5, 5.41) is 2.79. The molecule has 2 unspecified atom stereocenters. The third-order valence-electron chi connectivity index (χ3n) is 3.37. The minimum atomic E-state index is -0.669. The minimum Gasteiger partial charge on any atom is -0.342 e. The molecule has 1 fully saturated rings.